The van der Waals surface area contributed by atoms with E-state index in [4.69, 9.17) is 0 Å². The SMILES string of the molecule is O=C(C=Cc1ccccc1)c1ccc(-c2ccc(C(=O)C=Cc3ccccc3)cc2)cc1. The third kappa shape index (κ3) is 5.44. The van der Waals surface area contributed by atoms with Crippen molar-refractivity contribution in [2.45, 2.75) is 0 Å². The van der Waals surface area contributed by atoms with E-state index in [1.165, 1.54) is 0 Å². The highest BCUT2D eigenvalue weighted by atomic mass is 16.1. The van der Waals surface area contributed by atoms with Gasteiger partial charge >= 0.3 is 0 Å². The lowest BCUT2D eigenvalue weighted by Gasteiger charge is -2.04. The first-order chi connectivity index (χ1) is 15.7. The number of hydrogen-bond acceptors (Lipinski definition) is 2. The fraction of sp³-hybridized carbons (Fsp3) is 0. The minimum atomic E-state index is -0.0356. The minimum absolute atomic E-state index is 0.0356. The van der Waals surface area contributed by atoms with Crippen LogP contribution in [-0.4, -0.2) is 11.6 Å². The summed E-state index contributed by atoms with van der Waals surface area (Å²) in [5.74, 6) is -0.0712. The Morgan fingerprint density at radius 3 is 1.12 bits per heavy atom. The first kappa shape index (κ1) is 21.0. The highest BCUT2D eigenvalue weighted by Gasteiger charge is 2.05. The molecule has 0 amide bonds. The molecule has 2 heteroatoms. The molecule has 0 unspecified atom stereocenters. The Kier molecular flexibility index (Phi) is 6.64. The Balaban J connectivity index is 1.42. The van der Waals surface area contributed by atoms with E-state index in [1.54, 1.807) is 12.2 Å². The predicted octanol–water partition coefficient (Wildman–Crippen LogP) is 7.15. The fourth-order valence-electron chi connectivity index (χ4n) is 3.32. The van der Waals surface area contributed by atoms with E-state index in [2.05, 4.69) is 0 Å². The van der Waals surface area contributed by atoms with E-state index in [1.807, 2.05) is 121 Å². The van der Waals surface area contributed by atoms with Gasteiger partial charge in [0.15, 0.2) is 11.6 Å². The molecule has 4 aromatic rings. The lowest BCUT2D eigenvalue weighted by molar-refractivity contribution is 0.103. The van der Waals surface area contributed by atoms with Crippen molar-refractivity contribution in [1.82, 2.24) is 0 Å². The lowest BCUT2D eigenvalue weighted by atomic mass is 10.00. The molecule has 0 saturated carbocycles. The summed E-state index contributed by atoms with van der Waals surface area (Å²) in [6.45, 7) is 0. The minimum Gasteiger partial charge on any atom is -0.289 e. The Morgan fingerprint density at radius 1 is 0.438 bits per heavy atom. The molecule has 0 aromatic heterocycles. The number of carbonyl (C=O) groups is 2. The second kappa shape index (κ2) is 10.1. The van der Waals surface area contributed by atoms with Crippen molar-refractivity contribution in [3.63, 3.8) is 0 Å². The van der Waals surface area contributed by atoms with Crippen molar-refractivity contribution in [3.05, 3.63) is 144 Å². The molecule has 32 heavy (non-hydrogen) atoms. The predicted molar refractivity (Wildman–Crippen MR) is 131 cm³/mol. The second-order valence-corrected chi connectivity index (χ2v) is 7.37. The zero-order chi connectivity index (χ0) is 22.2. The van der Waals surface area contributed by atoms with Crippen LogP contribution >= 0.6 is 0 Å². The molecule has 0 radical (unpaired) electrons. The van der Waals surface area contributed by atoms with Crippen LogP contribution in [0.1, 0.15) is 31.8 Å². The van der Waals surface area contributed by atoms with Crippen LogP contribution in [0.5, 0.6) is 0 Å². The van der Waals surface area contributed by atoms with Gasteiger partial charge < -0.3 is 0 Å². The van der Waals surface area contributed by atoms with Crippen molar-refractivity contribution in [1.29, 1.82) is 0 Å². The first-order valence-electron chi connectivity index (χ1n) is 10.4. The molecule has 0 heterocycles. The Bertz CT molecular complexity index is 1150. The van der Waals surface area contributed by atoms with Crippen LogP contribution in [0.25, 0.3) is 23.3 Å². The molecule has 4 aromatic carbocycles. The quantitative estimate of drug-likeness (QED) is 0.238. The van der Waals surface area contributed by atoms with Gasteiger partial charge in [-0.25, -0.2) is 0 Å². The maximum Gasteiger partial charge on any atom is 0.185 e. The number of ketones is 2. The molecule has 0 aliphatic heterocycles. The van der Waals surface area contributed by atoms with Crippen molar-refractivity contribution in [2.75, 3.05) is 0 Å². The molecule has 0 aliphatic carbocycles. The van der Waals surface area contributed by atoms with E-state index < -0.39 is 0 Å². The molecule has 0 aliphatic rings. The Hall–Kier alpha value is -4.30. The van der Waals surface area contributed by atoms with E-state index >= 15 is 0 Å². The van der Waals surface area contributed by atoms with Gasteiger partial charge in [-0.3, -0.25) is 9.59 Å². The summed E-state index contributed by atoms with van der Waals surface area (Å²) in [5.41, 5.74) is 5.24. The average molecular weight is 415 g/mol. The van der Waals surface area contributed by atoms with Crippen LogP contribution in [0.2, 0.25) is 0 Å². The highest BCUT2D eigenvalue weighted by Crippen LogP contribution is 2.21. The van der Waals surface area contributed by atoms with Gasteiger partial charge in [0.2, 0.25) is 0 Å². The van der Waals surface area contributed by atoms with Gasteiger partial charge in [0, 0.05) is 11.1 Å². The Labute approximate surface area is 188 Å². The highest BCUT2D eigenvalue weighted by molar-refractivity contribution is 6.07. The Morgan fingerprint density at radius 2 is 0.781 bits per heavy atom. The molecule has 2 nitrogen and oxygen atoms in total. The summed E-state index contributed by atoms with van der Waals surface area (Å²) < 4.78 is 0. The van der Waals surface area contributed by atoms with E-state index in [0.717, 1.165) is 22.3 Å². The number of carbonyl (C=O) groups excluding carboxylic acids is 2. The van der Waals surface area contributed by atoms with Crippen molar-refractivity contribution in [3.8, 4) is 11.1 Å². The van der Waals surface area contributed by atoms with Gasteiger partial charge in [-0.05, 0) is 34.4 Å². The fourth-order valence-corrected chi connectivity index (χ4v) is 3.32. The van der Waals surface area contributed by atoms with Crippen LogP contribution in [-0.2, 0) is 0 Å². The molecule has 0 spiro atoms. The number of allylic oxidation sites excluding steroid dienone is 2. The van der Waals surface area contributed by atoms with Gasteiger partial charge in [0.25, 0.3) is 0 Å². The van der Waals surface area contributed by atoms with Crippen LogP contribution in [0.4, 0.5) is 0 Å². The molecular formula is C30H22O2. The van der Waals surface area contributed by atoms with Crippen molar-refractivity contribution in [2.24, 2.45) is 0 Å². The maximum atomic E-state index is 12.4. The van der Waals surface area contributed by atoms with E-state index in [0.29, 0.717) is 11.1 Å². The summed E-state index contributed by atoms with van der Waals surface area (Å²) in [5, 5.41) is 0. The molecule has 0 N–H and O–H groups in total. The maximum absolute atomic E-state index is 12.4. The molecular weight excluding hydrogens is 392 g/mol. The molecule has 0 atom stereocenters. The topological polar surface area (TPSA) is 34.1 Å². The zero-order valence-corrected chi connectivity index (χ0v) is 17.5. The summed E-state index contributed by atoms with van der Waals surface area (Å²) in [7, 11) is 0. The van der Waals surface area contributed by atoms with Crippen LogP contribution in [0.15, 0.2) is 121 Å². The van der Waals surface area contributed by atoms with Gasteiger partial charge in [-0.15, -0.1) is 0 Å². The van der Waals surface area contributed by atoms with Gasteiger partial charge in [-0.2, -0.15) is 0 Å². The summed E-state index contributed by atoms with van der Waals surface area (Å²) in [6, 6.07) is 34.5. The third-order valence-corrected chi connectivity index (χ3v) is 5.13. The summed E-state index contributed by atoms with van der Waals surface area (Å²) in [6.07, 6.45) is 6.82. The first-order valence-corrected chi connectivity index (χ1v) is 10.4. The van der Waals surface area contributed by atoms with Gasteiger partial charge in [0.1, 0.15) is 0 Å². The normalized spacial score (nSPS) is 11.1. The largest absolute Gasteiger partial charge is 0.289 e. The molecule has 4 rings (SSSR count). The van der Waals surface area contributed by atoms with E-state index in [-0.39, 0.29) is 11.6 Å². The monoisotopic (exact) mass is 414 g/mol. The molecule has 0 bridgehead atoms. The lowest BCUT2D eigenvalue weighted by Crippen LogP contribution is -1.95. The zero-order valence-electron chi connectivity index (χ0n) is 17.5. The average Bonchev–Trinajstić information content (AvgIpc) is 2.87. The van der Waals surface area contributed by atoms with Gasteiger partial charge in [0.05, 0.1) is 0 Å². The number of rotatable bonds is 7. The van der Waals surface area contributed by atoms with Crippen molar-refractivity contribution < 1.29 is 9.59 Å². The smallest absolute Gasteiger partial charge is 0.185 e. The van der Waals surface area contributed by atoms with Crippen LogP contribution in [0.3, 0.4) is 0 Å². The van der Waals surface area contributed by atoms with Crippen LogP contribution in [0, 0.1) is 0 Å². The van der Waals surface area contributed by atoms with Crippen LogP contribution < -0.4 is 0 Å². The van der Waals surface area contributed by atoms with Crippen molar-refractivity contribution >= 4 is 23.7 Å². The molecule has 0 fully saturated rings. The molecule has 0 saturated heterocycles. The van der Waals surface area contributed by atoms with E-state index in [9.17, 15) is 9.59 Å². The summed E-state index contributed by atoms with van der Waals surface area (Å²) >= 11 is 0. The molecule has 154 valence electrons. The number of benzene rings is 4. The van der Waals surface area contributed by atoms with Gasteiger partial charge in [-0.1, -0.05) is 121 Å². The summed E-state index contributed by atoms with van der Waals surface area (Å²) in [4.78, 5) is 24.8. The second-order valence-electron chi connectivity index (χ2n) is 7.37. The third-order valence-electron chi connectivity index (χ3n) is 5.13. The standard InChI is InChI=1S/C30H22O2/c31-29(21-11-23-7-3-1-4-8-23)27-17-13-25(14-18-27)26-15-19-28(20-16-26)30(32)22-12-24-9-5-2-6-10-24/h1-22H. The number of hydrogen-bond donors (Lipinski definition) is 0.